The summed E-state index contributed by atoms with van der Waals surface area (Å²) in [5.74, 6) is 1.09. The van der Waals surface area contributed by atoms with Gasteiger partial charge in [-0.15, -0.1) is 0 Å². The maximum absolute atomic E-state index is 4.55. The molecular formula is C11H13BrN2. The molecule has 0 fully saturated rings. The van der Waals surface area contributed by atoms with E-state index in [4.69, 9.17) is 0 Å². The number of fused-ring (bicyclic) bond motifs is 1. The first-order chi connectivity index (χ1) is 6.81. The highest BCUT2D eigenvalue weighted by atomic mass is 79.9. The maximum Gasteiger partial charge on any atom is 0.107 e. The summed E-state index contributed by atoms with van der Waals surface area (Å²) in [4.78, 5) is 7.88. The third-order valence-corrected chi connectivity index (χ3v) is 2.92. The van der Waals surface area contributed by atoms with Gasteiger partial charge >= 0.3 is 0 Å². The van der Waals surface area contributed by atoms with Gasteiger partial charge in [-0.1, -0.05) is 19.4 Å². The van der Waals surface area contributed by atoms with Crippen molar-refractivity contribution in [1.29, 1.82) is 0 Å². The fraction of sp³-hybridized carbons (Fsp3) is 0.364. The summed E-state index contributed by atoms with van der Waals surface area (Å²) in [6.45, 7) is 2.19. The van der Waals surface area contributed by atoms with Gasteiger partial charge in [-0.3, -0.25) is 0 Å². The lowest BCUT2D eigenvalue weighted by atomic mass is 10.2. The van der Waals surface area contributed by atoms with E-state index in [9.17, 15) is 0 Å². The molecule has 2 rings (SSSR count). The largest absolute Gasteiger partial charge is 0.342 e. The molecule has 2 nitrogen and oxygen atoms in total. The number of nitrogens with zero attached hydrogens (tertiary/aromatic N) is 1. The zero-order valence-electron chi connectivity index (χ0n) is 8.18. The van der Waals surface area contributed by atoms with Gasteiger partial charge < -0.3 is 4.98 Å². The predicted molar refractivity (Wildman–Crippen MR) is 62.4 cm³/mol. The molecule has 0 saturated heterocycles. The van der Waals surface area contributed by atoms with Gasteiger partial charge in [0.2, 0.25) is 0 Å². The summed E-state index contributed by atoms with van der Waals surface area (Å²) in [5.41, 5.74) is 2.16. The highest BCUT2D eigenvalue weighted by molar-refractivity contribution is 9.10. The van der Waals surface area contributed by atoms with E-state index < -0.39 is 0 Å². The van der Waals surface area contributed by atoms with Gasteiger partial charge in [0.1, 0.15) is 11.3 Å². The molecule has 14 heavy (non-hydrogen) atoms. The Morgan fingerprint density at radius 3 is 3.00 bits per heavy atom. The molecule has 0 saturated carbocycles. The van der Waals surface area contributed by atoms with E-state index in [1.54, 1.807) is 0 Å². The van der Waals surface area contributed by atoms with Crippen LogP contribution in [0, 0.1) is 0 Å². The third kappa shape index (κ3) is 1.82. The smallest absolute Gasteiger partial charge is 0.107 e. The van der Waals surface area contributed by atoms with Gasteiger partial charge in [-0.2, -0.15) is 0 Å². The van der Waals surface area contributed by atoms with Crippen LogP contribution in [0.15, 0.2) is 22.7 Å². The summed E-state index contributed by atoms with van der Waals surface area (Å²) in [6, 6.07) is 6.10. The summed E-state index contributed by atoms with van der Waals surface area (Å²) < 4.78 is 1.06. The zero-order chi connectivity index (χ0) is 9.97. The fourth-order valence-electron chi connectivity index (χ4n) is 1.51. The van der Waals surface area contributed by atoms with Crippen LogP contribution in [0.2, 0.25) is 0 Å². The van der Waals surface area contributed by atoms with Crippen molar-refractivity contribution in [3.8, 4) is 0 Å². The van der Waals surface area contributed by atoms with Crippen molar-refractivity contribution >= 4 is 27.0 Å². The number of hydrogen-bond acceptors (Lipinski definition) is 1. The summed E-state index contributed by atoms with van der Waals surface area (Å²) >= 11 is 3.50. The molecule has 0 amide bonds. The van der Waals surface area contributed by atoms with Gasteiger partial charge in [-0.05, 0) is 34.5 Å². The number of unbranched alkanes of at least 4 members (excludes halogenated alkanes) is 1. The quantitative estimate of drug-likeness (QED) is 0.888. The molecule has 0 aliphatic carbocycles. The van der Waals surface area contributed by atoms with Crippen LogP contribution in [-0.2, 0) is 6.42 Å². The van der Waals surface area contributed by atoms with Crippen LogP contribution in [0.5, 0.6) is 0 Å². The molecule has 1 aromatic heterocycles. The van der Waals surface area contributed by atoms with Crippen LogP contribution in [-0.4, -0.2) is 9.97 Å². The normalized spacial score (nSPS) is 11.0. The SMILES string of the molecule is CCCCc1nc2c(Br)cccc2[nH]1. The zero-order valence-corrected chi connectivity index (χ0v) is 9.76. The molecule has 1 N–H and O–H groups in total. The van der Waals surface area contributed by atoms with Crippen LogP contribution in [0.3, 0.4) is 0 Å². The van der Waals surface area contributed by atoms with Crippen LogP contribution in [0.4, 0.5) is 0 Å². The lowest BCUT2D eigenvalue weighted by molar-refractivity contribution is 0.765. The molecule has 2 aromatic rings. The van der Waals surface area contributed by atoms with Gasteiger partial charge in [0.25, 0.3) is 0 Å². The van der Waals surface area contributed by atoms with Gasteiger partial charge in [0.15, 0.2) is 0 Å². The Hall–Kier alpha value is -0.830. The van der Waals surface area contributed by atoms with Gasteiger partial charge in [0, 0.05) is 10.9 Å². The van der Waals surface area contributed by atoms with Crippen LogP contribution >= 0.6 is 15.9 Å². The lowest BCUT2D eigenvalue weighted by Gasteiger charge is -1.90. The second-order valence-corrected chi connectivity index (χ2v) is 4.28. The number of rotatable bonds is 3. The molecule has 1 aromatic carbocycles. The van der Waals surface area contributed by atoms with Crippen molar-refractivity contribution in [1.82, 2.24) is 9.97 Å². The first-order valence-electron chi connectivity index (χ1n) is 4.94. The van der Waals surface area contributed by atoms with E-state index >= 15 is 0 Å². The standard InChI is InChI=1S/C11H13BrN2/c1-2-3-7-10-13-9-6-4-5-8(12)11(9)14-10/h4-6H,2-3,7H2,1H3,(H,13,14). The third-order valence-electron chi connectivity index (χ3n) is 2.28. The lowest BCUT2D eigenvalue weighted by Crippen LogP contribution is -1.86. The molecule has 0 unspecified atom stereocenters. The number of aromatic amines is 1. The summed E-state index contributed by atoms with van der Waals surface area (Å²) in [5, 5.41) is 0. The summed E-state index contributed by atoms with van der Waals surface area (Å²) in [6.07, 6.45) is 3.44. The fourth-order valence-corrected chi connectivity index (χ4v) is 1.97. The van der Waals surface area contributed by atoms with E-state index in [0.717, 1.165) is 27.8 Å². The van der Waals surface area contributed by atoms with Gasteiger partial charge in [-0.25, -0.2) is 4.98 Å². The van der Waals surface area contributed by atoms with Crippen molar-refractivity contribution in [3.05, 3.63) is 28.5 Å². The number of imidazole rings is 1. The molecule has 0 aliphatic rings. The number of para-hydroxylation sites is 1. The highest BCUT2D eigenvalue weighted by Gasteiger charge is 2.04. The molecule has 74 valence electrons. The van der Waals surface area contributed by atoms with Crippen LogP contribution < -0.4 is 0 Å². The van der Waals surface area contributed by atoms with E-state index in [0.29, 0.717) is 0 Å². The average molecular weight is 253 g/mol. The molecule has 0 spiro atoms. The second-order valence-electron chi connectivity index (χ2n) is 3.42. The summed E-state index contributed by atoms with van der Waals surface area (Å²) in [7, 11) is 0. The van der Waals surface area contributed by atoms with E-state index in [1.807, 2.05) is 12.1 Å². The molecule has 0 aliphatic heterocycles. The molecule has 1 heterocycles. The number of nitrogens with one attached hydrogen (secondary N) is 1. The van der Waals surface area contributed by atoms with Crippen molar-refractivity contribution in [3.63, 3.8) is 0 Å². The van der Waals surface area contributed by atoms with Crippen molar-refractivity contribution in [2.45, 2.75) is 26.2 Å². The molecular weight excluding hydrogens is 240 g/mol. The van der Waals surface area contributed by atoms with E-state index in [1.165, 1.54) is 12.8 Å². The minimum absolute atomic E-state index is 1.04. The van der Waals surface area contributed by atoms with E-state index in [2.05, 4.69) is 38.9 Å². The Balaban J connectivity index is 2.36. The van der Waals surface area contributed by atoms with Crippen molar-refractivity contribution in [2.24, 2.45) is 0 Å². The van der Waals surface area contributed by atoms with Crippen molar-refractivity contribution in [2.75, 3.05) is 0 Å². The first-order valence-corrected chi connectivity index (χ1v) is 5.73. The minimum Gasteiger partial charge on any atom is -0.342 e. The topological polar surface area (TPSA) is 28.7 Å². The number of H-pyrrole nitrogens is 1. The Morgan fingerprint density at radius 2 is 2.29 bits per heavy atom. The van der Waals surface area contributed by atoms with Crippen LogP contribution in [0.25, 0.3) is 11.0 Å². The second kappa shape index (κ2) is 4.13. The van der Waals surface area contributed by atoms with Gasteiger partial charge in [0.05, 0.1) is 5.52 Å². The highest BCUT2D eigenvalue weighted by Crippen LogP contribution is 2.21. The molecule has 3 heteroatoms. The number of benzene rings is 1. The Morgan fingerprint density at radius 1 is 1.43 bits per heavy atom. The predicted octanol–water partition coefficient (Wildman–Crippen LogP) is 3.67. The van der Waals surface area contributed by atoms with Crippen LogP contribution in [0.1, 0.15) is 25.6 Å². The Bertz CT molecular complexity index is 434. The number of aromatic nitrogens is 2. The minimum atomic E-state index is 1.04. The van der Waals surface area contributed by atoms with E-state index in [-0.39, 0.29) is 0 Å². The Kier molecular flexibility index (Phi) is 2.87. The monoisotopic (exact) mass is 252 g/mol. The number of aryl methyl sites for hydroxylation is 1. The number of halogens is 1. The van der Waals surface area contributed by atoms with Crippen molar-refractivity contribution < 1.29 is 0 Å². The molecule has 0 atom stereocenters. The molecule has 0 radical (unpaired) electrons. The Labute approximate surface area is 91.9 Å². The molecule has 0 bridgehead atoms. The maximum atomic E-state index is 4.55. The number of hydrogen-bond donors (Lipinski definition) is 1. The average Bonchev–Trinajstić information content (AvgIpc) is 2.59. The first kappa shape index (κ1) is 9.71.